The summed E-state index contributed by atoms with van der Waals surface area (Å²) in [4.78, 5) is 17.8. The average molecular weight is 426 g/mol. The third-order valence-corrected chi connectivity index (χ3v) is 6.19. The molecule has 0 spiro atoms. The molecule has 3 aliphatic rings. The molecular weight excluding hydrogens is 385 g/mol. The van der Waals surface area contributed by atoms with E-state index in [0.29, 0.717) is 24.7 Å². The van der Waals surface area contributed by atoms with Crippen molar-refractivity contribution in [2.75, 3.05) is 6.54 Å². The van der Waals surface area contributed by atoms with Crippen LogP contribution in [0.15, 0.2) is 4.99 Å². The van der Waals surface area contributed by atoms with Crippen molar-refractivity contribution in [1.82, 2.24) is 31.9 Å². The lowest BCUT2D eigenvalue weighted by molar-refractivity contribution is -0.124. The zero-order valence-electron chi connectivity index (χ0n) is 19.1. The number of alkyl halides is 1. The summed E-state index contributed by atoms with van der Waals surface area (Å²) >= 11 is 0. The van der Waals surface area contributed by atoms with Crippen LogP contribution in [0.2, 0.25) is 0 Å². The number of hydrazine groups is 2. The first kappa shape index (κ1) is 23.4. The van der Waals surface area contributed by atoms with Gasteiger partial charge in [-0.2, -0.15) is 0 Å². The molecule has 1 saturated carbocycles. The van der Waals surface area contributed by atoms with Crippen molar-refractivity contribution < 1.29 is 9.18 Å². The number of aliphatic imine (C=N–C) groups is 1. The lowest BCUT2D eigenvalue weighted by atomic mass is 9.82. The maximum atomic E-state index is 13.5. The fourth-order valence-electron chi connectivity index (χ4n) is 4.69. The van der Waals surface area contributed by atoms with E-state index in [1.54, 1.807) is 0 Å². The first-order valence-electron chi connectivity index (χ1n) is 11.5. The summed E-state index contributed by atoms with van der Waals surface area (Å²) in [6.45, 7) is 11.0. The number of amides is 1. The normalized spacial score (nSPS) is 36.1. The molecule has 1 amide bonds. The molecule has 3 fully saturated rings. The number of likely N-dealkylation sites (N-methyl/N-ethyl adjacent to an activating group) is 1. The molecule has 0 aromatic carbocycles. The number of rotatable bonds is 4. The van der Waals surface area contributed by atoms with Crippen molar-refractivity contribution in [3.8, 4) is 0 Å². The van der Waals surface area contributed by atoms with Gasteiger partial charge in [0.2, 0.25) is 5.91 Å². The minimum atomic E-state index is -0.641. The maximum absolute atomic E-state index is 13.5. The van der Waals surface area contributed by atoms with Gasteiger partial charge in [0.15, 0.2) is 5.96 Å². The van der Waals surface area contributed by atoms with Gasteiger partial charge < -0.3 is 5.32 Å². The lowest BCUT2D eigenvalue weighted by Crippen LogP contribution is -2.55. The van der Waals surface area contributed by atoms with Crippen LogP contribution in [0, 0.1) is 5.92 Å². The molecule has 30 heavy (non-hydrogen) atoms. The molecule has 4 unspecified atom stereocenters. The van der Waals surface area contributed by atoms with E-state index in [0.717, 1.165) is 32.2 Å². The zero-order chi connectivity index (χ0) is 21.9. The second-order valence-electron chi connectivity index (χ2n) is 10.1. The van der Waals surface area contributed by atoms with Crippen molar-refractivity contribution in [3.63, 3.8) is 0 Å². The number of guanidine groups is 1. The summed E-state index contributed by atoms with van der Waals surface area (Å²) in [6, 6.07) is 0.348. The Morgan fingerprint density at radius 2 is 1.87 bits per heavy atom. The van der Waals surface area contributed by atoms with Crippen LogP contribution in [0.4, 0.5) is 4.39 Å². The van der Waals surface area contributed by atoms with E-state index < -0.39 is 6.17 Å². The highest BCUT2D eigenvalue weighted by molar-refractivity contribution is 5.99. The van der Waals surface area contributed by atoms with Gasteiger partial charge >= 0.3 is 0 Å². The predicted octanol–water partition coefficient (Wildman–Crippen LogP) is 1.55. The number of carbonyl (C=O) groups excluding carboxylic acids is 1. The van der Waals surface area contributed by atoms with Crippen LogP contribution >= 0.6 is 0 Å². The SMILES string of the molecule is CCN1NC(C)CC1C(=O)N/C(=N/C1CC(C2CCC(F)CC2)NN1)NC(C)(C)C. The highest BCUT2D eigenvalue weighted by Gasteiger charge is 2.36. The van der Waals surface area contributed by atoms with E-state index in [2.05, 4.69) is 33.8 Å². The van der Waals surface area contributed by atoms with Crippen LogP contribution in [0.5, 0.6) is 0 Å². The standard InChI is InChI=1S/C21H40FN7O/c1-6-29-17(11-13(2)28-29)19(30)24-20(25-21(3,4)5)23-18-12-16(26-27-18)14-7-9-15(22)10-8-14/h13-18,26-28H,6-12H2,1-5H3,(H2,23,24,25,30). The smallest absolute Gasteiger partial charge is 0.245 e. The molecule has 2 saturated heterocycles. The fourth-order valence-corrected chi connectivity index (χ4v) is 4.69. The highest BCUT2D eigenvalue weighted by Crippen LogP contribution is 2.31. The molecular formula is C21H40FN7O. The number of hydrogen-bond donors (Lipinski definition) is 5. The predicted molar refractivity (Wildman–Crippen MR) is 117 cm³/mol. The number of nitrogens with one attached hydrogen (secondary N) is 5. The van der Waals surface area contributed by atoms with Gasteiger partial charge in [-0.3, -0.25) is 21.0 Å². The van der Waals surface area contributed by atoms with Crippen molar-refractivity contribution in [2.24, 2.45) is 10.9 Å². The Morgan fingerprint density at radius 3 is 2.50 bits per heavy atom. The van der Waals surface area contributed by atoms with E-state index >= 15 is 0 Å². The minimum Gasteiger partial charge on any atom is -0.351 e. The molecule has 2 aliphatic heterocycles. The van der Waals surface area contributed by atoms with Crippen molar-refractivity contribution >= 4 is 11.9 Å². The average Bonchev–Trinajstić information content (AvgIpc) is 3.27. The molecule has 4 atom stereocenters. The molecule has 1 aliphatic carbocycles. The monoisotopic (exact) mass is 425 g/mol. The molecule has 2 heterocycles. The molecule has 0 radical (unpaired) electrons. The molecule has 3 rings (SSSR count). The van der Waals surface area contributed by atoms with Gasteiger partial charge in [-0.25, -0.2) is 19.8 Å². The Morgan fingerprint density at radius 1 is 1.17 bits per heavy atom. The third-order valence-electron chi connectivity index (χ3n) is 6.19. The van der Waals surface area contributed by atoms with Gasteiger partial charge in [0.25, 0.3) is 0 Å². The summed E-state index contributed by atoms with van der Waals surface area (Å²) in [5.74, 6) is 0.922. The second-order valence-corrected chi connectivity index (χ2v) is 10.1. The Kier molecular flexibility index (Phi) is 7.71. The van der Waals surface area contributed by atoms with Crippen LogP contribution in [0.25, 0.3) is 0 Å². The van der Waals surface area contributed by atoms with E-state index in [9.17, 15) is 9.18 Å². The summed E-state index contributed by atoms with van der Waals surface area (Å²) in [6.07, 6.45) is 3.97. The van der Waals surface area contributed by atoms with E-state index in [1.165, 1.54) is 0 Å². The van der Waals surface area contributed by atoms with Gasteiger partial charge in [0.1, 0.15) is 18.4 Å². The van der Waals surface area contributed by atoms with Crippen LogP contribution in [0.1, 0.15) is 73.1 Å². The Bertz CT molecular complexity index is 615. The largest absolute Gasteiger partial charge is 0.351 e. The van der Waals surface area contributed by atoms with Crippen LogP contribution < -0.4 is 26.9 Å². The van der Waals surface area contributed by atoms with Gasteiger partial charge in [0, 0.05) is 30.6 Å². The van der Waals surface area contributed by atoms with E-state index in [-0.39, 0.29) is 35.7 Å². The van der Waals surface area contributed by atoms with Crippen LogP contribution in [-0.2, 0) is 4.79 Å². The van der Waals surface area contributed by atoms with Gasteiger partial charge in [-0.1, -0.05) is 6.92 Å². The topological polar surface area (TPSA) is 92.8 Å². The third kappa shape index (κ3) is 6.35. The maximum Gasteiger partial charge on any atom is 0.245 e. The first-order chi connectivity index (χ1) is 14.1. The quantitative estimate of drug-likeness (QED) is 0.347. The summed E-state index contributed by atoms with van der Waals surface area (Å²) in [7, 11) is 0. The van der Waals surface area contributed by atoms with E-state index in [1.807, 2.05) is 32.7 Å². The first-order valence-corrected chi connectivity index (χ1v) is 11.5. The number of hydrogen-bond acceptors (Lipinski definition) is 6. The van der Waals surface area contributed by atoms with Crippen molar-refractivity contribution in [3.05, 3.63) is 0 Å². The van der Waals surface area contributed by atoms with Gasteiger partial charge in [0.05, 0.1) is 0 Å². The minimum absolute atomic E-state index is 0.0482. The molecule has 0 bridgehead atoms. The molecule has 0 aromatic rings. The van der Waals surface area contributed by atoms with Crippen molar-refractivity contribution in [1.29, 1.82) is 0 Å². The lowest BCUT2D eigenvalue weighted by Gasteiger charge is -2.28. The van der Waals surface area contributed by atoms with Gasteiger partial charge in [-0.05, 0) is 65.7 Å². The van der Waals surface area contributed by atoms with Crippen molar-refractivity contribution in [2.45, 2.75) is 109 Å². The van der Waals surface area contributed by atoms with E-state index in [4.69, 9.17) is 4.99 Å². The molecule has 5 N–H and O–H groups in total. The molecule has 0 aromatic heterocycles. The zero-order valence-corrected chi connectivity index (χ0v) is 19.1. The second kappa shape index (κ2) is 9.89. The Balaban J connectivity index is 1.63. The number of nitrogens with zero attached hydrogens (tertiary/aromatic N) is 2. The van der Waals surface area contributed by atoms with Crippen LogP contribution in [-0.4, -0.2) is 59.4 Å². The number of halogens is 1. The highest BCUT2D eigenvalue weighted by atomic mass is 19.1. The molecule has 8 nitrogen and oxygen atoms in total. The molecule has 172 valence electrons. The summed E-state index contributed by atoms with van der Waals surface area (Å²) < 4.78 is 13.5. The summed E-state index contributed by atoms with van der Waals surface area (Å²) in [5.41, 5.74) is 9.71. The van der Waals surface area contributed by atoms with Crippen LogP contribution in [0.3, 0.4) is 0 Å². The Labute approximate surface area is 180 Å². The summed E-state index contributed by atoms with van der Waals surface area (Å²) in [5, 5.41) is 8.36. The van der Waals surface area contributed by atoms with Gasteiger partial charge in [-0.15, -0.1) is 0 Å². The fraction of sp³-hybridized carbons (Fsp3) is 0.905. The molecule has 9 heteroatoms. The number of carbonyl (C=O) groups is 1. The Hall–Kier alpha value is -1.29.